The van der Waals surface area contributed by atoms with Crippen LogP contribution in [-0.2, 0) is 6.42 Å². The molecule has 2 aromatic heterocycles. The molecule has 0 saturated carbocycles. The number of fused-ring (bicyclic) bond motifs is 1. The molecule has 3 aromatic rings. The van der Waals surface area contributed by atoms with Gasteiger partial charge in [-0.15, -0.1) is 0 Å². The van der Waals surface area contributed by atoms with Crippen LogP contribution >= 0.6 is 0 Å². The monoisotopic (exact) mass is 339 g/mol. The van der Waals surface area contributed by atoms with Gasteiger partial charge < -0.3 is 14.8 Å². The van der Waals surface area contributed by atoms with Crippen molar-refractivity contribution < 1.29 is 4.65 Å². The Bertz CT molecular complexity index is 935. The summed E-state index contributed by atoms with van der Waals surface area (Å²) in [5.41, 5.74) is 1.54. The molecule has 0 spiro atoms. The van der Waals surface area contributed by atoms with Gasteiger partial charge in [0.25, 0.3) is 5.56 Å². The Hall–Kier alpha value is -2.51. The van der Waals surface area contributed by atoms with Gasteiger partial charge in [-0.3, -0.25) is 4.79 Å². The molecule has 1 fully saturated rings. The van der Waals surface area contributed by atoms with Gasteiger partial charge in [-0.1, -0.05) is 30.3 Å². The normalized spacial score (nSPS) is 23.8. The third kappa shape index (κ3) is 3.20. The van der Waals surface area contributed by atoms with Gasteiger partial charge >= 0.3 is 0 Å². The molecule has 3 heterocycles. The smallest absolute Gasteiger partial charge is 0.262 e. The van der Waals surface area contributed by atoms with Gasteiger partial charge in [0.2, 0.25) is 0 Å². The number of hydrogen-bond donors (Lipinski definition) is 1. The Balaban J connectivity index is 1.68. The molecular weight excluding hydrogens is 318 g/mol. The SMILES string of the molecule is C[N+]1([O-])CCC(n2ncc3c(=O)[nH]c(Cc4ccccc4)nc32)CC1. The first-order valence-corrected chi connectivity index (χ1v) is 8.58. The average Bonchev–Trinajstić information content (AvgIpc) is 3.00. The Morgan fingerprint density at radius 3 is 2.72 bits per heavy atom. The molecule has 0 amide bonds. The maximum absolute atomic E-state index is 12.4. The van der Waals surface area contributed by atoms with E-state index in [1.165, 1.54) is 0 Å². The number of hydrogen-bond acceptors (Lipinski definition) is 4. The van der Waals surface area contributed by atoms with Crippen LogP contribution in [0.5, 0.6) is 0 Å². The van der Waals surface area contributed by atoms with Crippen LogP contribution in [0.25, 0.3) is 11.0 Å². The van der Waals surface area contributed by atoms with Crippen LogP contribution in [0.2, 0.25) is 0 Å². The van der Waals surface area contributed by atoms with E-state index in [-0.39, 0.29) is 16.2 Å². The van der Waals surface area contributed by atoms with Crippen molar-refractivity contribution in [2.45, 2.75) is 25.3 Å². The molecule has 0 aliphatic carbocycles. The summed E-state index contributed by atoms with van der Waals surface area (Å²) >= 11 is 0. The summed E-state index contributed by atoms with van der Waals surface area (Å²) in [6.07, 6.45) is 3.64. The maximum atomic E-state index is 12.4. The van der Waals surface area contributed by atoms with Gasteiger partial charge in [0.15, 0.2) is 5.65 Å². The van der Waals surface area contributed by atoms with E-state index in [0.717, 1.165) is 18.4 Å². The third-order valence-electron chi connectivity index (χ3n) is 4.94. The third-order valence-corrected chi connectivity index (χ3v) is 4.94. The van der Waals surface area contributed by atoms with E-state index in [1.54, 1.807) is 13.2 Å². The molecule has 0 atom stereocenters. The number of H-pyrrole nitrogens is 1. The number of aromatic nitrogens is 4. The number of aromatic amines is 1. The van der Waals surface area contributed by atoms with E-state index in [2.05, 4.69) is 15.1 Å². The van der Waals surface area contributed by atoms with E-state index in [1.807, 2.05) is 35.0 Å². The largest absolute Gasteiger partial charge is 0.633 e. The molecule has 4 rings (SSSR count). The summed E-state index contributed by atoms with van der Waals surface area (Å²) in [4.78, 5) is 19.9. The Labute approximate surface area is 145 Å². The molecule has 1 aliphatic heterocycles. The fourth-order valence-electron chi connectivity index (χ4n) is 3.47. The molecule has 0 bridgehead atoms. The van der Waals surface area contributed by atoms with Crippen molar-refractivity contribution >= 4 is 11.0 Å². The van der Waals surface area contributed by atoms with E-state index < -0.39 is 0 Å². The van der Waals surface area contributed by atoms with Crippen molar-refractivity contribution in [3.63, 3.8) is 0 Å². The lowest BCUT2D eigenvalue weighted by atomic mass is 10.1. The molecular formula is C18H21N5O2. The standard InChI is InChI=1S/C18H21N5O2/c1-23(25)9-7-14(8-10-23)22-17-15(12-19-22)18(24)21-16(20-17)11-13-5-3-2-4-6-13/h2-6,12,14H,7-11H2,1H3,(H,20,21,24). The molecule has 1 N–H and O–H groups in total. The first kappa shape index (κ1) is 16.0. The average molecular weight is 339 g/mol. The summed E-state index contributed by atoms with van der Waals surface area (Å²) in [5.74, 6) is 0.630. The van der Waals surface area contributed by atoms with Crippen LogP contribution in [0.15, 0.2) is 41.3 Å². The molecule has 1 aliphatic rings. The van der Waals surface area contributed by atoms with Gasteiger partial charge in [0.1, 0.15) is 11.2 Å². The number of likely N-dealkylation sites (tertiary alicyclic amines) is 1. The second-order valence-electron chi connectivity index (χ2n) is 6.98. The summed E-state index contributed by atoms with van der Waals surface area (Å²) < 4.78 is 1.63. The topological polar surface area (TPSA) is 86.6 Å². The highest BCUT2D eigenvalue weighted by atomic mass is 16.5. The van der Waals surface area contributed by atoms with Gasteiger partial charge in [-0.2, -0.15) is 5.10 Å². The van der Waals surface area contributed by atoms with E-state index in [0.29, 0.717) is 36.4 Å². The molecule has 0 radical (unpaired) electrons. The second kappa shape index (κ2) is 6.09. The van der Waals surface area contributed by atoms with Crippen LogP contribution in [0, 0.1) is 5.21 Å². The van der Waals surface area contributed by atoms with Gasteiger partial charge in [-0.05, 0) is 5.56 Å². The van der Waals surface area contributed by atoms with Gasteiger partial charge in [0.05, 0.1) is 32.4 Å². The Kier molecular flexibility index (Phi) is 3.89. The van der Waals surface area contributed by atoms with Gasteiger partial charge in [-0.25, -0.2) is 9.67 Å². The first-order chi connectivity index (χ1) is 12.0. The zero-order valence-electron chi connectivity index (χ0n) is 14.2. The fraction of sp³-hybridized carbons (Fsp3) is 0.389. The van der Waals surface area contributed by atoms with Crippen molar-refractivity contribution in [2.24, 2.45) is 0 Å². The van der Waals surface area contributed by atoms with Crippen molar-refractivity contribution in [1.82, 2.24) is 19.7 Å². The summed E-state index contributed by atoms with van der Waals surface area (Å²) in [6, 6.07) is 10.0. The number of quaternary nitrogens is 1. The molecule has 1 saturated heterocycles. The number of nitrogens with zero attached hydrogens (tertiary/aromatic N) is 4. The molecule has 7 nitrogen and oxygen atoms in total. The number of hydroxylamine groups is 3. The van der Waals surface area contributed by atoms with Crippen LogP contribution in [-0.4, -0.2) is 44.5 Å². The minimum absolute atomic E-state index is 0.122. The van der Waals surface area contributed by atoms with E-state index >= 15 is 0 Å². The Morgan fingerprint density at radius 1 is 1.28 bits per heavy atom. The highest BCUT2D eigenvalue weighted by Crippen LogP contribution is 2.26. The number of piperidine rings is 1. The minimum atomic E-state index is -0.205. The summed E-state index contributed by atoms with van der Waals surface area (Å²) in [5, 5.41) is 17.0. The molecule has 7 heteroatoms. The van der Waals surface area contributed by atoms with E-state index in [9.17, 15) is 10.0 Å². The predicted octanol–water partition coefficient (Wildman–Crippen LogP) is 1.99. The van der Waals surface area contributed by atoms with Crippen LogP contribution < -0.4 is 5.56 Å². The van der Waals surface area contributed by atoms with Crippen molar-refractivity contribution in [2.75, 3.05) is 20.1 Å². The fourth-order valence-corrected chi connectivity index (χ4v) is 3.47. The lowest BCUT2D eigenvalue weighted by Gasteiger charge is -2.43. The quantitative estimate of drug-likeness (QED) is 0.584. The second-order valence-corrected chi connectivity index (χ2v) is 6.98. The zero-order valence-corrected chi connectivity index (χ0v) is 14.2. The van der Waals surface area contributed by atoms with Crippen molar-refractivity contribution in [1.29, 1.82) is 0 Å². The number of nitrogens with one attached hydrogen (secondary N) is 1. The number of rotatable bonds is 3. The number of benzene rings is 1. The lowest BCUT2D eigenvalue weighted by Crippen LogP contribution is -2.45. The predicted molar refractivity (Wildman–Crippen MR) is 95.0 cm³/mol. The van der Waals surface area contributed by atoms with Crippen molar-refractivity contribution in [3.05, 3.63) is 63.5 Å². The zero-order chi connectivity index (χ0) is 17.4. The summed E-state index contributed by atoms with van der Waals surface area (Å²) in [7, 11) is 1.71. The lowest BCUT2D eigenvalue weighted by molar-refractivity contribution is -0.866. The highest BCUT2D eigenvalue weighted by Gasteiger charge is 2.27. The molecule has 1 aromatic carbocycles. The molecule has 0 unspecified atom stereocenters. The van der Waals surface area contributed by atoms with Gasteiger partial charge in [0, 0.05) is 19.3 Å². The Morgan fingerprint density at radius 2 is 2.00 bits per heavy atom. The maximum Gasteiger partial charge on any atom is 0.262 e. The highest BCUT2D eigenvalue weighted by molar-refractivity contribution is 5.73. The van der Waals surface area contributed by atoms with E-state index in [4.69, 9.17) is 0 Å². The van der Waals surface area contributed by atoms with Crippen molar-refractivity contribution in [3.8, 4) is 0 Å². The molecule has 25 heavy (non-hydrogen) atoms. The van der Waals surface area contributed by atoms with Crippen LogP contribution in [0.4, 0.5) is 0 Å². The molecule has 130 valence electrons. The van der Waals surface area contributed by atoms with Crippen LogP contribution in [0.1, 0.15) is 30.3 Å². The summed E-state index contributed by atoms with van der Waals surface area (Å²) in [6.45, 7) is 1.12. The first-order valence-electron chi connectivity index (χ1n) is 8.58. The van der Waals surface area contributed by atoms with Crippen LogP contribution in [0.3, 0.4) is 0 Å². The minimum Gasteiger partial charge on any atom is -0.633 e.